The molecule has 0 radical (unpaired) electrons. The molecule has 0 spiro atoms. The highest BCUT2D eigenvalue weighted by atomic mass is 32.1. The molecule has 2 aromatic heterocycles. The van der Waals surface area contributed by atoms with Crippen molar-refractivity contribution in [3.63, 3.8) is 0 Å². The topological polar surface area (TPSA) is 106 Å². The quantitative estimate of drug-likeness (QED) is 0.403. The summed E-state index contributed by atoms with van der Waals surface area (Å²) in [6.45, 7) is 4.12. The smallest absolute Gasteiger partial charge is 0.230 e. The molecule has 0 unspecified atom stereocenters. The molecule has 2 N–H and O–H groups in total. The molecule has 0 aliphatic carbocycles. The predicted molar refractivity (Wildman–Crippen MR) is 129 cm³/mol. The molecule has 8 nitrogen and oxygen atoms in total. The SMILES string of the molecule is Cc1noc(C)c1COc1ccc(CC(=O)Nc2nc(-c3ccc4c(c3)CC(=O)N4)cs2)cc1. The van der Waals surface area contributed by atoms with Crippen molar-refractivity contribution < 1.29 is 18.8 Å². The van der Waals surface area contributed by atoms with Crippen molar-refractivity contribution in [2.75, 3.05) is 10.6 Å². The van der Waals surface area contributed by atoms with Crippen LogP contribution in [0.2, 0.25) is 0 Å². The molecule has 4 aromatic rings. The minimum atomic E-state index is -0.144. The maximum absolute atomic E-state index is 12.5. The van der Waals surface area contributed by atoms with Crippen LogP contribution in [-0.4, -0.2) is 22.0 Å². The lowest BCUT2D eigenvalue weighted by atomic mass is 10.1. The first-order valence-corrected chi connectivity index (χ1v) is 11.6. The lowest BCUT2D eigenvalue weighted by Gasteiger charge is -2.07. The van der Waals surface area contributed by atoms with E-state index >= 15 is 0 Å². The molecule has 172 valence electrons. The van der Waals surface area contributed by atoms with Crippen LogP contribution in [0, 0.1) is 13.8 Å². The Labute approximate surface area is 200 Å². The fraction of sp³-hybridized carbons (Fsp3) is 0.200. The fourth-order valence-electron chi connectivity index (χ4n) is 3.77. The fourth-order valence-corrected chi connectivity index (χ4v) is 4.50. The van der Waals surface area contributed by atoms with Crippen LogP contribution in [0.5, 0.6) is 5.75 Å². The van der Waals surface area contributed by atoms with Gasteiger partial charge in [-0.2, -0.15) is 0 Å². The maximum atomic E-state index is 12.5. The van der Waals surface area contributed by atoms with E-state index in [4.69, 9.17) is 9.26 Å². The van der Waals surface area contributed by atoms with Gasteiger partial charge >= 0.3 is 0 Å². The summed E-state index contributed by atoms with van der Waals surface area (Å²) in [6, 6.07) is 13.2. The first-order valence-electron chi connectivity index (χ1n) is 10.8. The number of ether oxygens (including phenoxy) is 1. The van der Waals surface area contributed by atoms with Gasteiger partial charge < -0.3 is 19.9 Å². The maximum Gasteiger partial charge on any atom is 0.230 e. The average Bonchev–Trinajstić information content (AvgIpc) is 3.51. The summed E-state index contributed by atoms with van der Waals surface area (Å²) >= 11 is 1.37. The Hall–Kier alpha value is -3.98. The molecule has 1 aliphatic rings. The summed E-state index contributed by atoms with van der Waals surface area (Å²) in [5.74, 6) is 1.31. The van der Waals surface area contributed by atoms with Crippen LogP contribution in [0.25, 0.3) is 11.3 Å². The first kappa shape index (κ1) is 21.8. The number of nitrogens with one attached hydrogen (secondary N) is 2. The van der Waals surface area contributed by atoms with E-state index in [9.17, 15) is 9.59 Å². The molecule has 2 amide bonds. The number of amides is 2. The van der Waals surface area contributed by atoms with Gasteiger partial charge in [-0.15, -0.1) is 11.3 Å². The Balaban J connectivity index is 1.16. The molecule has 0 saturated carbocycles. The molecule has 3 heterocycles. The summed E-state index contributed by atoms with van der Waals surface area (Å²) in [5.41, 5.74) is 6.12. The van der Waals surface area contributed by atoms with Crippen molar-refractivity contribution in [3.8, 4) is 17.0 Å². The second kappa shape index (κ2) is 9.11. The second-order valence-corrected chi connectivity index (χ2v) is 8.95. The molecule has 0 fully saturated rings. The molecule has 0 atom stereocenters. The van der Waals surface area contributed by atoms with E-state index in [0.29, 0.717) is 23.9 Å². The van der Waals surface area contributed by atoms with E-state index in [1.807, 2.05) is 61.7 Å². The van der Waals surface area contributed by atoms with E-state index in [1.54, 1.807) is 0 Å². The molecule has 5 rings (SSSR count). The number of carbonyl (C=O) groups excluding carboxylic acids is 2. The number of aromatic nitrogens is 2. The lowest BCUT2D eigenvalue weighted by Crippen LogP contribution is -2.14. The number of anilines is 2. The number of benzene rings is 2. The third kappa shape index (κ3) is 4.69. The minimum absolute atomic E-state index is 0.00145. The van der Waals surface area contributed by atoms with E-state index < -0.39 is 0 Å². The van der Waals surface area contributed by atoms with Crippen molar-refractivity contribution in [1.82, 2.24) is 10.1 Å². The van der Waals surface area contributed by atoms with Gasteiger partial charge in [0, 0.05) is 16.6 Å². The van der Waals surface area contributed by atoms with Crippen LogP contribution in [0.15, 0.2) is 52.4 Å². The number of nitrogens with zero attached hydrogens (tertiary/aromatic N) is 2. The van der Waals surface area contributed by atoms with Crippen LogP contribution in [0.1, 0.15) is 28.1 Å². The summed E-state index contributed by atoms with van der Waals surface area (Å²) in [7, 11) is 0. The highest BCUT2D eigenvalue weighted by Crippen LogP contribution is 2.31. The molecule has 2 aromatic carbocycles. The number of rotatable bonds is 7. The Morgan fingerprint density at radius 2 is 2.03 bits per heavy atom. The van der Waals surface area contributed by atoms with Gasteiger partial charge in [-0.05, 0) is 49.2 Å². The van der Waals surface area contributed by atoms with Crippen LogP contribution in [-0.2, 0) is 29.0 Å². The summed E-state index contributed by atoms with van der Waals surface area (Å²) in [4.78, 5) is 28.6. The summed E-state index contributed by atoms with van der Waals surface area (Å²) in [6.07, 6.45) is 0.603. The van der Waals surface area contributed by atoms with Crippen molar-refractivity contribution >= 4 is 34.0 Å². The molecule has 34 heavy (non-hydrogen) atoms. The Bertz CT molecular complexity index is 1350. The monoisotopic (exact) mass is 474 g/mol. The standard InChI is InChI=1S/C25H22N4O4S/c1-14-20(15(2)33-29-14)12-32-19-6-3-16(4-7-19)9-23(30)28-25-27-22(13-34-25)17-5-8-21-18(10-17)11-24(31)26-21/h3-8,10,13H,9,11-12H2,1-2H3,(H,26,31)(H,27,28,30). The highest BCUT2D eigenvalue weighted by molar-refractivity contribution is 7.14. The Morgan fingerprint density at radius 1 is 1.21 bits per heavy atom. The zero-order valence-corrected chi connectivity index (χ0v) is 19.5. The van der Waals surface area contributed by atoms with Gasteiger partial charge in [-0.25, -0.2) is 4.98 Å². The number of carbonyl (C=O) groups is 2. The lowest BCUT2D eigenvalue weighted by molar-refractivity contribution is -0.116. The Morgan fingerprint density at radius 3 is 2.79 bits per heavy atom. The molecular weight excluding hydrogens is 452 g/mol. The van der Waals surface area contributed by atoms with Gasteiger partial charge in [0.1, 0.15) is 18.1 Å². The second-order valence-electron chi connectivity index (χ2n) is 8.10. The van der Waals surface area contributed by atoms with Gasteiger partial charge in [0.05, 0.1) is 29.8 Å². The Kier molecular flexibility index (Phi) is 5.85. The van der Waals surface area contributed by atoms with Crippen LogP contribution >= 0.6 is 11.3 Å². The van der Waals surface area contributed by atoms with Gasteiger partial charge in [0.15, 0.2) is 5.13 Å². The zero-order valence-electron chi connectivity index (χ0n) is 18.7. The van der Waals surface area contributed by atoms with E-state index in [1.165, 1.54) is 11.3 Å². The van der Waals surface area contributed by atoms with E-state index in [-0.39, 0.29) is 18.2 Å². The van der Waals surface area contributed by atoms with E-state index in [2.05, 4.69) is 20.8 Å². The number of hydrogen-bond acceptors (Lipinski definition) is 7. The molecule has 9 heteroatoms. The minimum Gasteiger partial charge on any atom is -0.489 e. The summed E-state index contributed by atoms with van der Waals surface area (Å²) < 4.78 is 11.0. The van der Waals surface area contributed by atoms with Gasteiger partial charge in [0.2, 0.25) is 11.8 Å². The largest absolute Gasteiger partial charge is 0.489 e. The molecule has 0 saturated heterocycles. The predicted octanol–water partition coefficient (Wildman–Crippen LogP) is 4.67. The van der Waals surface area contributed by atoms with Crippen molar-refractivity contribution in [2.24, 2.45) is 0 Å². The first-order chi connectivity index (χ1) is 16.4. The van der Waals surface area contributed by atoms with E-state index in [0.717, 1.165) is 45.1 Å². The van der Waals surface area contributed by atoms with Gasteiger partial charge in [0.25, 0.3) is 0 Å². The van der Waals surface area contributed by atoms with Crippen LogP contribution in [0.4, 0.5) is 10.8 Å². The third-order valence-electron chi connectivity index (χ3n) is 5.63. The molecular formula is C25H22N4O4S. The summed E-state index contributed by atoms with van der Waals surface area (Å²) in [5, 5.41) is 12.0. The van der Waals surface area contributed by atoms with Gasteiger partial charge in [-0.3, -0.25) is 9.59 Å². The van der Waals surface area contributed by atoms with Crippen LogP contribution < -0.4 is 15.4 Å². The number of hydrogen-bond donors (Lipinski definition) is 2. The molecule has 1 aliphatic heterocycles. The van der Waals surface area contributed by atoms with Crippen LogP contribution in [0.3, 0.4) is 0 Å². The third-order valence-corrected chi connectivity index (χ3v) is 6.39. The van der Waals surface area contributed by atoms with Crippen molar-refractivity contribution in [2.45, 2.75) is 33.3 Å². The zero-order chi connectivity index (χ0) is 23.7. The normalized spacial score (nSPS) is 12.4. The number of fused-ring (bicyclic) bond motifs is 1. The van der Waals surface area contributed by atoms with Gasteiger partial charge in [-0.1, -0.05) is 23.4 Å². The van der Waals surface area contributed by atoms with Crippen molar-refractivity contribution in [3.05, 3.63) is 76.0 Å². The number of aryl methyl sites for hydroxylation is 2. The highest BCUT2D eigenvalue weighted by Gasteiger charge is 2.18. The molecule has 0 bridgehead atoms. The van der Waals surface area contributed by atoms with Crippen molar-refractivity contribution in [1.29, 1.82) is 0 Å². The number of thiazole rings is 1. The average molecular weight is 475 g/mol.